The van der Waals surface area contributed by atoms with Crippen molar-refractivity contribution in [2.75, 3.05) is 30.3 Å². The van der Waals surface area contributed by atoms with Gasteiger partial charge in [-0.1, -0.05) is 12.1 Å². The molecule has 1 aliphatic heterocycles. The molecule has 1 heterocycles. The molecular weight excluding hydrogens is 214 g/mol. The van der Waals surface area contributed by atoms with Crippen molar-refractivity contribution in [3.05, 3.63) is 23.8 Å². The van der Waals surface area contributed by atoms with Crippen LogP contribution in [-0.4, -0.2) is 30.6 Å². The first-order valence-electron chi connectivity index (χ1n) is 6.12. The van der Waals surface area contributed by atoms with Crippen LogP contribution in [0, 0.1) is 0 Å². The fourth-order valence-electron chi connectivity index (χ4n) is 2.34. The van der Waals surface area contributed by atoms with Crippen LogP contribution in [0.3, 0.4) is 0 Å². The van der Waals surface area contributed by atoms with E-state index in [9.17, 15) is 4.79 Å². The van der Waals surface area contributed by atoms with Crippen LogP contribution in [0.4, 0.5) is 16.2 Å². The zero-order valence-electron chi connectivity index (χ0n) is 10.4. The molecule has 0 aliphatic carbocycles. The Morgan fingerprint density at radius 1 is 1.41 bits per heavy atom. The van der Waals surface area contributed by atoms with Gasteiger partial charge in [0.25, 0.3) is 0 Å². The molecule has 0 saturated carbocycles. The lowest BCUT2D eigenvalue weighted by Gasteiger charge is -2.27. The van der Waals surface area contributed by atoms with Crippen molar-refractivity contribution in [1.82, 2.24) is 4.90 Å². The molecule has 0 fully saturated rings. The summed E-state index contributed by atoms with van der Waals surface area (Å²) in [5.41, 5.74) is 8.74. The summed E-state index contributed by atoms with van der Waals surface area (Å²) in [5, 5.41) is 0. The van der Waals surface area contributed by atoms with Gasteiger partial charge in [0.15, 0.2) is 0 Å². The molecular formula is C13H19N3O. The number of nitrogens with two attached hydrogens (primary N) is 1. The highest BCUT2D eigenvalue weighted by atomic mass is 16.2. The molecule has 2 N–H and O–H groups in total. The number of rotatable bonds is 2. The van der Waals surface area contributed by atoms with Crippen molar-refractivity contribution < 1.29 is 4.79 Å². The molecule has 0 atom stereocenters. The lowest BCUT2D eigenvalue weighted by molar-refractivity contribution is 0.210. The minimum Gasteiger partial charge on any atom is -0.397 e. The number of hydrogen-bond acceptors (Lipinski definition) is 2. The lowest BCUT2D eigenvalue weighted by Crippen LogP contribution is -2.42. The largest absolute Gasteiger partial charge is 0.397 e. The molecule has 4 nitrogen and oxygen atoms in total. The molecule has 0 bridgehead atoms. The molecule has 0 unspecified atom stereocenters. The third-order valence-corrected chi connectivity index (χ3v) is 3.29. The number of nitrogens with zero attached hydrogens (tertiary/aromatic N) is 2. The minimum atomic E-state index is 0.0617. The Bertz CT molecular complexity index is 427. The van der Waals surface area contributed by atoms with Gasteiger partial charge in [-0.15, -0.1) is 0 Å². The van der Waals surface area contributed by atoms with Gasteiger partial charge in [-0.05, 0) is 31.9 Å². The summed E-state index contributed by atoms with van der Waals surface area (Å²) in [6.45, 7) is 6.18. The molecule has 0 radical (unpaired) electrons. The predicted molar refractivity (Wildman–Crippen MR) is 70.2 cm³/mol. The summed E-state index contributed by atoms with van der Waals surface area (Å²) in [6, 6.07) is 5.90. The van der Waals surface area contributed by atoms with Crippen molar-refractivity contribution in [2.24, 2.45) is 0 Å². The fraction of sp³-hybridized carbons (Fsp3) is 0.462. The van der Waals surface area contributed by atoms with Gasteiger partial charge in [0.2, 0.25) is 0 Å². The first-order valence-corrected chi connectivity index (χ1v) is 6.12. The van der Waals surface area contributed by atoms with Crippen LogP contribution in [0.25, 0.3) is 0 Å². The number of urea groups is 1. The lowest BCUT2D eigenvalue weighted by atomic mass is 10.1. The Hall–Kier alpha value is -1.71. The maximum atomic E-state index is 12.3. The average molecular weight is 233 g/mol. The molecule has 1 aromatic carbocycles. The topological polar surface area (TPSA) is 49.6 Å². The summed E-state index contributed by atoms with van der Waals surface area (Å²) in [4.78, 5) is 15.9. The van der Waals surface area contributed by atoms with Gasteiger partial charge < -0.3 is 10.6 Å². The van der Waals surface area contributed by atoms with E-state index < -0.39 is 0 Å². The molecule has 0 saturated heterocycles. The molecule has 92 valence electrons. The van der Waals surface area contributed by atoms with Gasteiger partial charge >= 0.3 is 6.03 Å². The maximum Gasteiger partial charge on any atom is 0.324 e. The second kappa shape index (κ2) is 4.65. The summed E-state index contributed by atoms with van der Waals surface area (Å²) in [6.07, 6.45) is 0.896. The van der Waals surface area contributed by atoms with E-state index in [0.717, 1.165) is 31.7 Å². The first kappa shape index (κ1) is 11.8. The number of hydrogen-bond donors (Lipinski definition) is 1. The van der Waals surface area contributed by atoms with Gasteiger partial charge in [0.1, 0.15) is 0 Å². The van der Waals surface area contributed by atoms with Crippen molar-refractivity contribution in [2.45, 2.75) is 20.3 Å². The Labute approximate surface area is 102 Å². The molecule has 2 rings (SSSR count). The standard InChI is InChI=1S/C13H19N3O/c1-3-15(4-2)13(17)16-9-8-10-6-5-7-11(14)12(10)16/h5-7H,3-4,8-9,14H2,1-2H3. The van der Waals surface area contributed by atoms with Crippen LogP contribution in [0.5, 0.6) is 0 Å². The zero-order chi connectivity index (χ0) is 12.4. The van der Waals surface area contributed by atoms with Crippen LogP contribution in [0.1, 0.15) is 19.4 Å². The van der Waals surface area contributed by atoms with E-state index in [1.165, 1.54) is 5.56 Å². The molecule has 2 amide bonds. The zero-order valence-corrected chi connectivity index (χ0v) is 10.4. The molecule has 1 aromatic rings. The van der Waals surface area contributed by atoms with Gasteiger partial charge in [-0.25, -0.2) is 4.79 Å². The molecule has 17 heavy (non-hydrogen) atoms. The van der Waals surface area contributed by atoms with Gasteiger partial charge in [0.05, 0.1) is 11.4 Å². The minimum absolute atomic E-state index is 0.0617. The van der Waals surface area contributed by atoms with Gasteiger partial charge in [-0.2, -0.15) is 0 Å². The smallest absolute Gasteiger partial charge is 0.324 e. The third kappa shape index (κ3) is 1.95. The number of para-hydroxylation sites is 1. The van der Waals surface area contributed by atoms with Crippen LogP contribution < -0.4 is 10.6 Å². The predicted octanol–water partition coefficient (Wildman–Crippen LogP) is 2.09. The number of carbonyl (C=O) groups is 1. The number of amides is 2. The second-order valence-corrected chi connectivity index (χ2v) is 4.21. The van der Waals surface area contributed by atoms with Crippen molar-refractivity contribution in [1.29, 1.82) is 0 Å². The highest BCUT2D eigenvalue weighted by Crippen LogP contribution is 2.34. The van der Waals surface area contributed by atoms with Gasteiger partial charge in [0, 0.05) is 19.6 Å². The SMILES string of the molecule is CCN(CC)C(=O)N1CCc2cccc(N)c21. The summed E-state index contributed by atoms with van der Waals surface area (Å²) < 4.78 is 0. The number of anilines is 2. The van der Waals surface area contributed by atoms with E-state index in [1.54, 1.807) is 4.90 Å². The van der Waals surface area contributed by atoms with Crippen molar-refractivity contribution >= 4 is 17.4 Å². The van der Waals surface area contributed by atoms with E-state index in [-0.39, 0.29) is 6.03 Å². The second-order valence-electron chi connectivity index (χ2n) is 4.21. The Morgan fingerprint density at radius 3 is 2.76 bits per heavy atom. The van der Waals surface area contributed by atoms with Crippen LogP contribution in [0.2, 0.25) is 0 Å². The van der Waals surface area contributed by atoms with Crippen LogP contribution >= 0.6 is 0 Å². The summed E-state index contributed by atoms with van der Waals surface area (Å²) in [7, 11) is 0. The number of benzene rings is 1. The maximum absolute atomic E-state index is 12.3. The fourth-order valence-corrected chi connectivity index (χ4v) is 2.34. The van der Waals surface area contributed by atoms with Crippen molar-refractivity contribution in [3.63, 3.8) is 0 Å². The quantitative estimate of drug-likeness (QED) is 0.795. The Kier molecular flexibility index (Phi) is 3.22. The van der Waals surface area contributed by atoms with E-state index in [1.807, 2.05) is 36.9 Å². The van der Waals surface area contributed by atoms with Gasteiger partial charge in [-0.3, -0.25) is 4.90 Å². The summed E-state index contributed by atoms with van der Waals surface area (Å²) in [5.74, 6) is 0. The Morgan fingerprint density at radius 2 is 2.12 bits per heavy atom. The number of nitrogen functional groups attached to an aromatic ring is 1. The highest BCUT2D eigenvalue weighted by Gasteiger charge is 2.28. The third-order valence-electron chi connectivity index (χ3n) is 3.29. The Balaban J connectivity index is 2.30. The number of fused-ring (bicyclic) bond motifs is 1. The van der Waals surface area contributed by atoms with E-state index in [0.29, 0.717) is 5.69 Å². The number of carbonyl (C=O) groups excluding carboxylic acids is 1. The van der Waals surface area contributed by atoms with E-state index >= 15 is 0 Å². The average Bonchev–Trinajstić information content (AvgIpc) is 2.75. The van der Waals surface area contributed by atoms with Crippen molar-refractivity contribution in [3.8, 4) is 0 Å². The monoisotopic (exact) mass is 233 g/mol. The highest BCUT2D eigenvalue weighted by molar-refractivity contribution is 5.97. The van der Waals surface area contributed by atoms with E-state index in [4.69, 9.17) is 5.73 Å². The van der Waals surface area contributed by atoms with E-state index in [2.05, 4.69) is 0 Å². The molecule has 0 spiro atoms. The molecule has 4 heteroatoms. The van der Waals surface area contributed by atoms with Crippen LogP contribution in [-0.2, 0) is 6.42 Å². The summed E-state index contributed by atoms with van der Waals surface area (Å²) >= 11 is 0. The molecule has 0 aromatic heterocycles. The first-order chi connectivity index (χ1) is 8.19. The van der Waals surface area contributed by atoms with Crippen LogP contribution in [0.15, 0.2) is 18.2 Å². The normalized spacial score (nSPS) is 13.6. The molecule has 1 aliphatic rings.